The van der Waals surface area contributed by atoms with Gasteiger partial charge < -0.3 is 4.74 Å². The van der Waals surface area contributed by atoms with Crippen molar-refractivity contribution in [3.63, 3.8) is 0 Å². The first kappa shape index (κ1) is 7.03. The second-order valence-electron chi connectivity index (χ2n) is 1.19. The first-order chi connectivity index (χ1) is 3.91. The van der Waals surface area contributed by atoms with Crippen LogP contribution in [0, 0.1) is 11.3 Å². The topological polar surface area (TPSA) is 33.0 Å². The summed E-state index contributed by atoms with van der Waals surface area (Å²) < 4.78 is 4.80. The molecule has 0 aliphatic carbocycles. The molecule has 0 heterocycles. The van der Waals surface area contributed by atoms with Crippen LogP contribution < -0.4 is 0 Å². The van der Waals surface area contributed by atoms with Crippen LogP contribution in [0.3, 0.4) is 0 Å². The van der Waals surface area contributed by atoms with Crippen LogP contribution in [-0.4, -0.2) is 6.61 Å². The van der Waals surface area contributed by atoms with Crippen LogP contribution in [-0.2, 0) is 4.74 Å². The lowest BCUT2D eigenvalue weighted by atomic mass is 10.5. The monoisotopic (exact) mass is 111 g/mol. The molecule has 0 spiro atoms. The molecule has 0 saturated heterocycles. The minimum absolute atomic E-state index is 0.431. The maximum Gasteiger partial charge on any atom is 0.0845 e. The number of allylic oxidation sites excluding steroid dienone is 1. The lowest BCUT2D eigenvalue weighted by Gasteiger charge is -1.87. The van der Waals surface area contributed by atoms with Crippen molar-refractivity contribution in [2.75, 3.05) is 6.61 Å². The van der Waals surface area contributed by atoms with Crippen LogP contribution in [0.1, 0.15) is 13.3 Å². The largest absolute Gasteiger partial charge is 0.502 e. The Kier molecular flexibility index (Phi) is 5.30. The number of ether oxygens (including phenoxy) is 1. The number of hydrogen-bond acceptors (Lipinski definition) is 2. The van der Waals surface area contributed by atoms with Gasteiger partial charge in [0.25, 0.3) is 0 Å². The zero-order chi connectivity index (χ0) is 6.24. The number of hydrogen-bond donors (Lipinski definition) is 0. The lowest BCUT2D eigenvalue weighted by molar-refractivity contribution is 0.268. The second-order valence-corrected chi connectivity index (χ2v) is 1.19. The van der Waals surface area contributed by atoms with E-state index in [9.17, 15) is 0 Å². The van der Waals surface area contributed by atoms with Gasteiger partial charge >= 0.3 is 0 Å². The van der Waals surface area contributed by atoms with Gasteiger partial charge in [0.05, 0.1) is 25.4 Å². The summed E-state index contributed by atoms with van der Waals surface area (Å²) in [5, 5.41) is 8.01. The molecule has 0 N–H and O–H groups in total. The molecule has 0 rings (SSSR count). The molecule has 0 saturated carbocycles. The third kappa shape index (κ3) is 5.03. The van der Waals surface area contributed by atoms with Crippen LogP contribution in [0.2, 0.25) is 0 Å². The van der Waals surface area contributed by atoms with E-state index in [1.54, 1.807) is 12.3 Å². The molecule has 0 aromatic carbocycles. The summed E-state index contributed by atoms with van der Waals surface area (Å²) in [6.07, 6.45) is 3.66. The highest BCUT2D eigenvalue weighted by Crippen LogP contribution is 1.80. The average molecular weight is 111 g/mol. The van der Waals surface area contributed by atoms with E-state index >= 15 is 0 Å². The quantitative estimate of drug-likeness (QED) is 0.516. The summed E-state index contributed by atoms with van der Waals surface area (Å²) in [6.45, 7) is 2.57. The molecule has 0 aromatic rings. The van der Waals surface area contributed by atoms with Gasteiger partial charge in [-0.2, -0.15) is 5.26 Å². The fourth-order valence-electron chi connectivity index (χ4n) is 0.265. The zero-order valence-corrected chi connectivity index (χ0v) is 4.92. The first-order valence-corrected chi connectivity index (χ1v) is 2.55. The summed E-state index contributed by atoms with van der Waals surface area (Å²) >= 11 is 0. The molecule has 2 heteroatoms. The fraction of sp³-hybridized carbons (Fsp3) is 0.500. The Labute approximate surface area is 49.4 Å². The molecule has 0 radical (unpaired) electrons. The van der Waals surface area contributed by atoms with Crippen molar-refractivity contribution in [3.8, 4) is 6.07 Å². The van der Waals surface area contributed by atoms with Crippen molar-refractivity contribution in [2.24, 2.45) is 0 Å². The summed E-state index contributed by atoms with van der Waals surface area (Å²) in [4.78, 5) is 0. The highest BCUT2D eigenvalue weighted by atomic mass is 16.5. The van der Waals surface area contributed by atoms with Crippen molar-refractivity contribution in [3.05, 3.63) is 12.3 Å². The minimum atomic E-state index is 0.431. The van der Waals surface area contributed by atoms with Crippen molar-refractivity contribution in [1.82, 2.24) is 0 Å². The van der Waals surface area contributed by atoms with Gasteiger partial charge in [0, 0.05) is 0 Å². The molecule has 0 aromatic heterocycles. The number of nitriles is 1. The third-order valence-corrected chi connectivity index (χ3v) is 0.568. The van der Waals surface area contributed by atoms with E-state index in [1.165, 1.54) is 0 Å². The van der Waals surface area contributed by atoms with Crippen molar-refractivity contribution < 1.29 is 4.74 Å². The standard InChI is InChI=1S/C6H9NO/c1-2-8-6-4-3-5-7/h4,6H,2-3H2,1H3/b6-4+. The molecule has 2 nitrogen and oxygen atoms in total. The molecule has 0 atom stereocenters. The van der Waals surface area contributed by atoms with Crippen LogP contribution in [0.15, 0.2) is 12.3 Å². The van der Waals surface area contributed by atoms with E-state index < -0.39 is 0 Å². The maximum atomic E-state index is 8.01. The minimum Gasteiger partial charge on any atom is -0.502 e. The zero-order valence-electron chi connectivity index (χ0n) is 4.92. The average Bonchev–Trinajstić information content (AvgIpc) is 1.81. The Hall–Kier alpha value is -0.970. The van der Waals surface area contributed by atoms with Crippen LogP contribution >= 0.6 is 0 Å². The molecule has 0 fully saturated rings. The summed E-state index contributed by atoms with van der Waals surface area (Å²) in [7, 11) is 0. The predicted molar refractivity (Wildman–Crippen MR) is 31.0 cm³/mol. The van der Waals surface area contributed by atoms with E-state index in [2.05, 4.69) is 0 Å². The van der Waals surface area contributed by atoms with E-state index in [0.29, 0.717) is 13.0 Å². The van der Waals surface area contributed by atoms with Gasteiger partial charge in [-0.3, -0.25) is 0 Å². The Morgan fingerprint density at radius 2 is 2.50 bits per heavy atom. The Balaban J connectivity index is 2.98. The number of rotatable bonds is 3. The Morgan fingerprint density at radius 3 is 3.00 bits per heavy atom. The van der Waals surface area contributed by atoms with Crippen LogP contribution in [0.5, 0.6) is 0 Å². The van der Waals surface area contributed by atoms with Crippen molar-refractivity contribution in [2.45, 2.75) is 13.3 Å². The smallest absolute Gasteiger partial charge is 0.0845 e. The highest BCUT2D eigenvalue weighted by Gasteiger charge is 1.69. The van der Waals surface area contributed by atoms with Gasteiger partial charge in [-0.05, 0) is 13.0 Å². The van der Waals surface area contributed by atoms with Crippen LogP contribution in [0.4, 0.5) is 0 Å². The SMILES string of the molecule is CCO/C=C/CC#N. The summed E-state index contributed by atoms with van der Waals surface area (Å²) in [5.74, 6) is 0. The maximum absolute atomic E-state index is 8.01. The molecular weight excluding hydrogens is 102 g/mol. The van der Waals surface area contributed by atoms with Gasteiger partial charge in [-0.15, -0.1) is 0 Å². The van der Waals surface area contributed by atoms with E-state index in [4.69, 9.17) is 10.00 Å². The Morgan fingerprint density at radius 1 is 1.75 bits per heavy atom. The number of nitrogens with zero attached hydrogens (tertiary/aromatic N) is 1. The van der Waals surface area contributed by atoms with Crippen LogP contribution in [0.25, 0.3) is 0 Å². The third-order valence-electron chi connectivity index (χ3n) is 0.568. The first-order valence-electron chi connectivity index (χ1n) is 2.55. The van der Waals surface area contributed by atoms with Crippen molar-refractivity contribution >= 4 is 0 Å². The molecule has 8 heavy (non-hydrogen) atoms. The summed E-state index contributed by atoms with van der Waals surface area (Å²) in [5.41, 5.74) is 0. The molecular formula is C6H9NO. The molecule has 0 aliphatic heterocycles. The predicted octanol–water partition coefficient (Wildman–Crippen LogP) is 1.45. The van der Waals surface area contributed by atoms with Gasteiger partial charge in [0.1, 0.15) is 0 Å². The van der Waals surface area contributed by atoms with Crippen molar-refractivity contribution in [1.29, 1.82) is 5.26 Å². The van der Waals surface area contributed by atoms with E-state index in [1.807, 2.05) is 13.0 Å². The molecule has 0 amide bonds. The van der Waals surface area contributed by atoms with Gasteiger partial charge in [0.2, 0.25) is 0 Å². The summed E-state index contributed by atoms with van der Waals surface area (Å²) in [6, 6.07) is 1.96. The normalized spacial score (nSPS) is 9.00. The second kappa shape index (κ2) is 6.03. The van der Waals surface area contributed by atoms with E-state index in [0.717, 1.165) is 0 Å². The van der Waals surface area contributed by atoms with E-state index in [-0.39, 0.29) is 0 Å². The Bertz CT molecular complexity index is 102. The fourth-order valence-corrected chi connectivity index (χ4v) is 0.265. The molecule has 0 bridgehead atoms. The molecule has 0 unspecified atom stereocenters. The van der Waals surface area contributed by atoms with Gasteiger partial charge in [-0.25, -0.2) is 0 Å². The van der Waals surface area contributed by atoms with Gasteiger partial charge in [0.15, 0.2) is 0 Å². The van der Waals surface area contributed by atoms with Gasteiger partial charge in [-0.1, -0.05) is 0 Å². The highest BCUT2D eigenvalue weighted by molar-refractivity contribution is 4.85. The molecule has 44 valence electrons. The lowest BCUT2D eigenvalue weighted by Crippen LogP contribution is -1.75. The molecule has 0 aliphatic rings.